The highest BCUT2D eigenvalue weighted by Gasteiger charge is 2.01. The average molecular weight is 285 g/mol. The number of pyridine rings is 2. The van der Waals surface area contributed by atoms with Crippen LogP contribution in [0.5, 0.6) is 0 Å². The molecule has 2 aromatic rings. The van der Waals surface area contributed by atoms with E-state index in [4.69, 9.17) is 0 Å². The largest absolute Gasteiger partial charge is 0.248 e. The van der Waals surface area contributed by atoms with E-state index in [1.54, 1.807) is 18.3 Å². The van der Waals surface area contributed by atoms with Gasteiger partial charge in [0, 0.05) is 10.7 Å². The Hall–Kier alpha value is -0.940. The van der Waals surface area contributed by atoms with Crippen LogP contribution in [0.2, 0.25) is 0 Å². The molecule has 0 aliphatic rings. The molecule has 0 aromatic carbocycles. The molecular weight excluding hydrogens is 279 g/mol. The highest BCUT2D eigenvalue weighted by atomic mass is 79.9. The monoisotopic (exact) mass is 284 g/mol. The highest BCUT2D eigenvalue weighted by Crippen LogP contribution is 2.24. The van der Waals surface area contributed by atoms with Crippen LogP contribution < -0.4 is 0 Å². The standard InChI is InChI=1S/C10H6BrFN2S/c11-7-4-5-9(13-6-7)15-10-3-1-2-8(12)14-10/h1-6H. The predicted octanol–water partition coefficient (Wildman–Crippen LogP) is 3.53. The maximum atomic E-state index is 12.8. The van der Waals surface area contributed by atoms with Crippen LogP contribution >= 0.6 is 27.7 Å². The summed E-state index contributed by atoms with van der Waals surface area (Å²) in [4.78, 5) is 7.89. The summed E-state index contributed by atoms with van der Waals surface area (Å²) in [6, 6.07) is 8.43. The SMILES string of the molecule is Fc1cccc(Sc2ccc(Br)cn2)n1. The van der Waals surface area contributed by atoms with Gasteiger partial charge >= 0.3 is 0 Å². The molecule has 0 amide bonds. The van der Waals surface area contributed by atoms with Gasteiger partial charge in [-0.2, -0.15) is 4.39 Å². The van der Waals surface area contributed by atoms with Gasteiger partial charge in [-0.3, -0.25) is 0 Å². The number of aromatic nitrogens is 2. The van der Waals surface area contributed by atoms with E-state index in [-0.39, 0.29) is 0 Å². The van der Waals surface area contributed by atoms with E-state index < -0.39 is 5.95 Å². The summed E-state index contributed by atoms with van der Waals surface area (Å²) in [5.74, 6) is -0.475. The minimum absolute atomic E-state index is 0.475. The number of hydrogen-bond acceptors (Lipinski definition) is 3. The van der Waals surface area contributed by atoms with Gasteiger partial charge in [0.2, 0.25) is 5.95 Å². The second-order valence-corrected chi connectivity index (χ2v) is 4.67. The fourth-order valence-corrected chi connectivity index (χ4v) is 1.95. The molecule has 0 aliphatic heterocycles. The Morgan fingerprint density at radius 3 is 2.67 bits per heavy atom. The van der Waals surface area contributed by atoms with E-state index in [9.17, 15) is 4.39 Å². The van der Waals surface area contributed by atoms with Crippen LogP contribution in [0.25, 0.3) is 0 Å². The lowest BCUT2D eigenvalue weighted by Gasteiger charge is -1.99. The topological polar surface area (TPSA) is 25.8 Å². The fourth-order valence-electron chi connectivity index (χ4n) is 0.976. The molecule has 0 atom stereocenters. The molecule has 15 heavy (non-hydrogen) atoms. The number of halogens is 2. The third-order valence-corrected chi connectivity index (χ3v) is 2.96. The Bertz CT molecular complexity index is 461. The van der Waals surface area contributed by atoms with Gasteiger partial charge in [0.15, 0.2) is 0 Å². The van der Waals surface area contributed by atoms with E-state index in [1.807, 2.05) is 12.1 Å². The average Bonchev–Trinajstić information content (AvgIpc) is 2.22. The Kier molecular flexibility index (Phi) is 3.33. The van der Waals surface area contributed by atoms with Gasteiger partial charge in [0.05, 0.1) is 0 Å². The molecule has 0 spiro atoms. The third kappa shape index (κ3) is 3.00. The molecule has 2 heterocycles. The first-order chi connectivity index (χ1) is 7.24. The van der Waals surface area contributed by atoms with Crippen LogP contribution in [0.15, 0.2) is 51.1 Å². The second kappa shape index (κ2) is 4.72. The lowest BCUT2D eigenvalue weighted by atomic mass is 10.5. The van der Waals surface area contributed by atoms with Crippen LogP contribution in [0.4, 0.5) is 4.39 Å². The third-order valence-electron chi connectivity index (χ3n) is 1.60. The fraction of sp³-hybridized carbons (Fsp3) is 0. The van der Waals surface area contributed by atoms with Crippen LogP contribution in [-0.4, -0.2) is 9.97 Å². The Balaban J connectivity index is 2.18. The summed E-state index contributed by atoms with van der Waals surface area (Å²) >= 11 is 4.62. The molecule has 0 bridgehead atoms. The number of rotatable bonds is 2. The van der Waals surface area contributed by atoms with Gasteiger partial charge in [0.25, 0.3) is 0 Å². The van der Waals surface area contributed by atoms with Crippen molar-refractivity contribution in [1.82, 2.24) is 9.97 Å². The van der Waals surface area contributed by atoms with Gasteiger partial charge in [0.1, 0.15) is 10.1 Å². The molecule has 0 aliphatic carbocycles. The first kappa shape index (κ1) is 10.6. The maximum Gasteiger partial charge on any atom is 0.213 e. The normalized spacial score (nSPS) is 10.3. The molecule has 0 unspecified atom stereocenters. The van der Waals surface area contributed by atoms with Crippen molar-refractivity contribution >= 4 is 27.7 Å². The van der Waals surface area contributed by atoms with E-state index in [1.165, 1.54) is 17.8 Å². The molecule has 2 rings (SSSR count). The van der Waals surface area contributed by atoms with Gasteiger partial charge in [-0.1, -0.05) is 17.8 Å². The summed E-state index contributed by atoms with van der Waals surface area (Å²) in [5.41, 5.74) is 0. The Morgan fingerprint density at radius 2 is 2.00 bits per heavy atom. The lowest BCUT2D eigenvalue weighted by Crippen LogP contribution is -1.85. The van der Waals surface area contributed by atoms with Crippen molar-refractivity contribution in [2.24, 2.45) is 0 Å². The van der Waals surface area contributed by atoms with Crippen molar-refractivity contribution in [2.75, 3.05) is 0 Å². The zero-order chi connectivity index (χ0) is 10.7. The molecule has 0 radical (unpaired) electrons. The summed E-state index contributed by atoms with van der Waals surface area (Å²) < 4.78 is 13.7. The Labute approximate surface area is 99.1 Å². The van der Waals surface area contributed by atoms with Gasteiger partial charge in [-0.25, -0.2) is 9.97 Å². The molecule has 0 saturated heterocycles. The Morgan fingerprint density at radius 1 is 1.13 bits per heavy atom. The van der Waals surface area contributed by atoms with E-state index in [2.05, 4.69) is 25.9 Å². The van der Waals surface area contributed by atoms with Crippen LogP contribution in [-0.2, 0) is 0 Å². The summed E-state index contributed by atoms with van der Waals surface area (Å²) in [5, 5.41) is 1.39. The first-order valence-corrected chi connectivity index (χ1v) is 5.77. The van der Waals surface area contributed by atoms with Crippen molar-refractivity contribution in [2.45, 2.75) is 10.1 Å². The summed E-state index contributed by atoms with van der Waals surface area (Å²) in [7, 11) is 0. The lowest BCUT2D eigenvalue weighted by molar-refractivity contribution is 0.572. The highest BCUT2D eigenvalue weighted by molar-refractivity contribution is 9.10. The van der Waals surface area contributed by atoms with Gasteiger partial charge in [-0.05, 0) is 40.2 Å². The van der Waals surface area contributed by atoms with E-state index in [0.717, 1.165) is 9.50 Å². The van der Waals surface area contributed by atoms with Crippen molar-refractivity contribution in [3.05, 3.63) is 46.9 Å². The van der Waals surface area contributed by atoms with Crippen molar-refractivity contribution in [3.63, 3.8) is 0 Å². The van der Waals surface area contributed by atoms with E-state index >= 15 is 0 Å². The van der Waals surface area contributed by atoms with Crippen LogP contribution in [0.3, 0.4) is 0 Å². The van der Waals surface area contributed by atoms with E-state index in [0.29, 0.717) is 5.03 Å². The predicted molar refractivity (Wildman–Crippen MR) is 60.3 cm³/mol. The zero-order valence-electron chi connectivity index (χ0n) is 7.52. The quantitative estimate of drug-likeness (QED) is 0.789. The first-order valence-electron chi connectivity index (χ1n) is 4.16. The summed E-state index contributed by atoms with van der Waals surface area (Å²) in [6.45, 7) is 0. The molecule has 5 heteroatoms. The van der Waals surface area contributed by atoms with Crippen molar-refractivity contribution < 1.29 is 4.39 Å². The molecule has 0 saturated carbocycles. The molecular formula is C10H6BrFN2S. The molecule has 0 fully saturated rings. The number of hydrogen-bond donors (Lipinski definition) is 0. The molecule has 0 N–H and O–H groups in total. The molecule has 76 valence electrons. The van der Waals surface area contributed by atoms with Crippen LogP contribution in [0, 0.1) is 5.95 Å². The summed E-state index contributed by atoms with van der Waals surface area (Å²) in [6.07, 6.45) is 1.70. The smallest absolute Gasteiger partial charge is 0.213 e. The van der Waals surface area contributed by atoms with Crippen molar-refractivity contribution in [1.29, 1.82) is 0 Å². The number of nitrogens with zero attached hydrogens (tertiary/aromatic N) is 2. The van der Waals surface area contributed by atoms with Crippen LogP contribution in [0.1, 0.15) is 0 Å². The molecule has 2 nitrogen and oxygen atoms in total. The van der Waals surface area contributed by atoms with Gasteiger partial charge < -0.3 is 0 Å². The second-order valence-electron chi connectivity index (χ2n) is 2.72. The zero-order valence-corrected chi connectivity index (χ0v) is 9.93. The molecule has 2 aromatic heterocycles. The van der Waals surface area contributed by atoms with Crippen molar-refractivity contribution in [3.8, 4) is 0 Å². The minimum atomic E-state index is -0.475. The van der Waals surface area contributed by atoms with Gasteiger partial charge in [-0.15, -0.1) is 0 Å². The minimum Gasteiger partial charge on any atom is -0.248 e. The maximum absolute atomic E-state index is 12.8.